The molecule has 0 bridgehead atoms. The molecule has 0 aromatic carbocycles. The van der Waals surface area contributed by atoms with E-state index in [0.29, 0.717) is 0 Å². The van der Waals surface area contributed by atoms with Gasteiger partial charge in [0.15, 0.2) is 0 Å². The van der Waals surface area contributed by atoms with Crippen molar-refractivity contribution in [1.29, 1.82) is 0 Å². The van der Waals surface area contributed by atoms with Gasteiger partial charge in [-0.2, -0.15) is 0 Å². The van der Waals surface area contributed by atoms with Crippen molar-refractivity contribution in [2.45, 2.75) is 96.8 Å². The summed E-state index contributed by atoms with van der Waals surface area (Å²) in [4.78, 5) is 0. The molecular formula is C22H38. The lowest BCUT2D eigenvalue weighted by Gasteiger charge is -2.33. The quantitative estimate of drug-likeness (QED) is 0.375. The third-order valence-electron chi connectivity index (χ3n) is 7.18. The van der Waals surface area contributed by atoms with Gasteiger partial charge in [0.1, 0.15) is 0 Å². The van der Waals surface area contributed by atoms with E-state index in [9.17, 15) is 0 Å². The summed E-state index contributed by atoms with van der Waals surface area (Å²) in [6, 6.07) is 0. The van der Waals surface area contributed by atoms with Crippen LogP contribution in [0.3, 0.4) is 0 Å². The van der Waals surface area contributed by atoms with Gasteiger partial charge in [0.05, 0.1) is 0 Å². The summed E-state index contributed by atoms with van der Waals surface area (Å²) in [6.45, 7) is 2.47. The minimum atomic E-state index is 0.914. The van der Waals surface area contributed by atoms with Crippen LogP contribution in [0.5, 0.6) is 0 Å². The van der Waals surface area contributed by atoms with Crippen molar-refractivity contribution < 1.29 is 0 Å². The summed E-state index contributed by atoms with van der Waals surface area (Å²) in [5.74, 6) is 5.04. The Balaban J connectivity index is 1.56. The lowest BCUT2D eigenvalue weighted by molar-refractivity contribution is 0.201. The molecule has 2 unspecified atom stereocenters. The maximum atomic E-state index is 2.64. The number of hydrogen-bond donors (Lipinski definition) is 0. The van der Waals surface area contributed by atoms with Gasteiger partial charge in [-0.15, -0.1) is 0 Å². The average molecular weight is 303 g/mol. The molecule has 0 aliphatic heterocycles. The first kappa shape index (κ1) is 16.6. The predicted molar refractivity (Wildman–Crippen MR) is 96.9 cm³/mol. The van der Waals surface area contributed by atoms with Crippen molar-refractivity contribution in [3.05, 3.63) is 12.2 Å². The van der Waals surface area contributed by atoms with Crippen molar-refractivity contribution in [1.82, 2.24) is 0 Å². The molecule has 0 saturated heterocycles. The number of rotatable bonds is 2. The van der Waals surface area contributed by atoms with Gasteiger partial charge in [0.2, 0.25) is 0 Å². The highest BCUT2D eigenvalue weighted by atomic mass is 14.3. The molecule has 3 rings (SSSR count). The molecule has 0 heterocycles. The maximum absolute atomic E-state index is 2.64. The molecule has 2 saturated carbocycles. The summed E-state index contributed by atoms with van der Waals surface area (Å²) in [7, 11) is 0. The summed E-state index contributed by atoms with van der Waals surface area (Å²) < 4.78 is 0. The Hall–Kier alpha value is -0.260. The summed E-state index contributed by atoms with van der Waals surface area (Å²) in [6.07, 6.45) is 26.2. The van der Waals surface area contributed by atoms with Crippen LogP contribution in [0.2, 0.25) is 0 Å². The Morgan fingerprint density at radius 1 is 0.591 bits per heavy atom. The van der Waals surface area contributed by atoms with E-state index >= 15 is 0 Å². The van der Waals surface area contributed by atoms with Crippen LogP contribution in [0.1, 0.15) is 96.8 Å². The average Bonchev–Trinajstić information content (AvgIpc) is 2.73. The van der Waals surface area contributed by atoms with E-state index in [4.69, 9.17) is 0 Å². The molecule has 4 atom stereocenters. The smallest absolute Gasteiger partial charge is 0.0205 e. The standard InChI is InChI=1S/C22H38/c1-18-8-7-13-22(15-14-18)21-12-6-5-11-20(16-17-21)19-9-3-2-4-10-19/h6,12,18-22H,2-5,7-11,13-17H2,1H3/b12-6+/t18?,20-,21?,22-/m0/s1. The zero-order valence-electron chi connectivity index (χ0n) is 14.9. The highest BCUT2D eigenvalue weighted by molar-refractivity contribution is 4.95. The van der Waals surface area contributed by atoms with Crippen LogP contribution < -0.4 is 0 Å². The van der Waals surface area contributed by atoms with E-state index in [0.717, 1.165) is 29.6 Å². The molecule has 22 heavy (non-hydrogen) atoms. The first-order valence-corrected chi connectivity index (χ1v) is 10.5. The molecule has 0 spiro atoms. The van der Waals surface area contributed by atoms with Crippen LogP contribution in [0.4, 0.5) is 0 Å². The van der Waals surface area contributed by atoms with Crippen LogP contribution in [0.25, 0.3) is 0 Å². The van der Waals surface area contributed by atoms with Crippen molar-refractivity contribution in [2.75, 3.05) is 0 Å². The minimum Gasteiger partial charge on any atom is -0.0882 e. The predicted octanol–water partition coefficient (Wildman–Crippen LogP) is 7.15. The van der Waals surface area contributed by atoms with Crippen molar-refractivity contribution >= 4 is 0 Å². The van der Waals surface area contributed by atoms with Crippen LogP contribution in [0.15, 0.2) is 12.2 Å². The Morgan fingerprint density at radius 3 is 2.18 bits per heavy atom. The van der Waals surface area contributed by atoms with Crippen molar-refractivity contribution in [2.24, 2.45) is 29.6 Å². The molecule has 0 N–H and O–H groups in total. The molecule has 0 amide bonds. The summed E-state index contributed by atoms with van der Waals surface area (Å²) in [5.41, 5.74) is 0. The van der Waals surface area contributed by atoms with Crippen LogP contribution in [-0.4, -0.2) is 0 Å². The lowest BCUT2D eigenvalue weighted by Crippen LogP contribution is -2.21. The third-order valence-corrected chi connectivity index (χ3v) is 7.18. The molecule has 3 aliphatic rings. The van der Waals surface area contributed by atoms with Gasteiger partial charge in [0, 0.05) is 0 Å². The fraction of sp³-hybridized carbons (Fsp3) is 0.909. The van der Waals surface area contributed by atoms with Gasteiger partial charge in [0.25, 0.3) is 0 Å². The maximum Gasteiger partial charge on any atom is -0.0205 e. The molecule has 0 heteroatoms. The van der Waals surface area contributed by atoms with Gasteiger partial charge in [-0.3, -0.25) is 0 Å². The highest BCUT2D eigenvalue weighted by Crippen LogP contribution is 2.40. The second-order valence-electron chi connectivity index (χ2n) is 8.78. The van der Waals surface area contributed by atoms with E-state index in [-0.39, 0.29) is 0 Å². The van der Waals surface area contributed by atoms with E-state index in [1.807, 2.05) is 0 Å². The van der Waals surface area contributed by atoms with Gasteiger partial charge in [-0.1, -0.05) is 70.4 Å². The van der Waals surface area contributed by atoms with E-state index in [1.165, 1.54) is 77.0 Å². The second-order valence-corrected chi connectivity index (χ2v) is 8.78. The molecule has 0 radical (unpaired) electrons. The van der Waals surface area contributed by atoms with Gasteiger partial charge < -0.3 is 0 Å². The Kier molecular flexibility index (Phi) is 6.45. The second kappa shape index (κ2) is 8.55. The molecule has 0 aromatic heterocycles. The number of hydrogen-bond acceptors (Lipinski definition) is 0. The largest absolute Gasteiger partial charge is 0.0882 e. The summed E-state index contributed by atoms with van der Waals surface area (Å²) in [5, 5.41) is 0. The Bertz CT molecular complexity index is 336. The minimum absolute atomic E-state index is 0.914. The zero-order chi connectivity index (χ0) is 15.2. The Morgan fingerprint density at radius 2 is 1.32 bits per heavy atom. The van der Waals surface area contributed by atoms with E-state index < -0.39 is 0 Å². The molecule has 3 aliphatic carbocycles. The van der Waals surface area contributed by atoms with Crippen molar-refractivity contribution in [3.8, 4) is 0 Å². The van der Waals surface area contributed by atoms with Gasteiger partial charge in [-0.05, 0) is 68.1 Å². The zero-order valence-corrected chi connectivity index (χ0v) is 14.9. The first-order valence-electron chi connectivity index (χ1n) is 10.5. The lowest BCUT2D eigenvalue weighted by atomic mass is 9.72. The third kappa shape index (κ3) is 4.62. The topological polar surface area (TPSA) is 0 Å². The fourth-order valence-corrected chi connectivity index (χ4v) is 5.64. The van der Waals surface area contributed by atoms with Gasteiger partial charge in [-0.25, -0.2) is 0 Å². The molecule has 2 fully saturated rings. The van der Waals surface area contributed by atoms with Crippen LogP contribution in [0, 0.1) is 29.6 Å². The SMILES string of the molecule is CC1CCC[C@H](C2/C=C/CC[C@H](C3CCCCC3)CC2)CC1. The highest BCUT2D eigenvalue weighted by Gasteiger charge is 2.28. The summed E-state index contributed by atoms with van der Waals surface area (Å²) >= 11 is 0. The van der Waals surface area contributed by atoms with E-state index in [1.54, 1.807) is 12.8 Å². The number of allylic oxidation sites excluding steroid dienone is 2. The van der Waals surface area contributed by atoms with Crippen LogP contribution in [-0.2, 0) is 0 Å². The molecule has 126 valence electrons. The van der Waals surface area contributed by atoms with E-state index in [2.05, 4.69) is 19.1 Å². The monoisotopic (exact) mass is 302 g/mol. The van der Waals surface area contributed by atoms with Crippen LogP contribution >= 0.6 is 0 Å². The van der Waals surface area contributed by atoms with Gasteiger partial charge >= 0.3 is 0 Å². The first-order chi connectivity index (χ1) is 10.8. The molecular weight excluding hydrogens is 264 g/mol. The Labute approximate surface area is 139 Å². The normalized spacial score (nSPS) is 40.4. The molecule has 0 nitrogen and oxygen atoms in total. The molecule has 0 aromatic rings. The fourth-order valence-electron chi connectivity index (χ4n) is 5.64. The van der Waals surface area contributed by atoms with Crippen molar-refractivity contribution in [3.63, 3.8) is 0 Å².